The molecule has 0 aliphatic carbocycles. The Balaban J connectivity index is 1.64. The lowest BCUT2D eigenvalue weighted by molar-refractivity contribution is 0.0700. The van der Waals surface area contributed by atoms with Crippen molar-refractivity contribution in [1.29, 1.82) is 0 Å². The number of carbonyl (C=O) groups is 1. The third kappa shape index (κ3) is 4.89. The molecule has 2 amide bonds. The summed E-state index contributed by atoms with van der Waals surface area (Å²) >= 11 is 7.52. The second-order valence-electron chi connectivity index (χ2n) is 5.01. The average molecular weight is 315 g/mol. The normalized spacial score (nSPS) is 21.7. The number of urea groups is 1. The van der Waals surface area contributed by atoms with E-state index in [0.717, 1.165) is 24.2 Å². The van der Waals surface area contributed by atoms with Crippen molar-refractivity contribution >= 4 is 29.4 Å². The molecule has 0 radical (unpaired) electrons. The third-order valence-electron chi connectivity index (χ3n) is 3.27. The van der Waals surface area contributed by atoms with E-state index in [2.05, 4.69) is 10.6 Å². The third-order valence-corrected chi connectivity index (χ3v) is 4.76. The molecule has 1 saturated heterocycles. The summed E-state index contributed by atoms with van der Waals surface area (Å²) in [5.41, 5.74) is 0.388. The van der Waals surface area contributed by atoms with Crippen LogP contribution in [0.2, 0.25) is 5.02 Å². The molecule has 20 heavy (non-hydrogen) atoms. The zero-order chi connectivity index (χ0) is 14.4. The van der Waals surface area contributed by atoms with E-state index in [1.54, 1.807) is 11.8 Å². The second-order valence-corrected chi connectivity index (χ2v) is 6.55. The van der Waals surface area contributed by atoms with Crippen LogP contribution in [0.5, 0.6) is 0 Å². The second kappa shape index (κ2) is 7.20. The maximum absolute atomic E-state index is 11.6. The van der Waals surface area contributed by atoms with Gasteiger partial charge in [0.1, 0.15) is 0 Å². The van der Waals surface area contributed by atoms with Crippen molar-refractivity contribution in [3.05, 3.63) is 34.9 Å². The molecule has 1 heterocycles. The summed E-state index contributed by atoms with van der Waals surface area (Å²) in [6, 6.07) is 7.33. The molecule has 6 heteroatoms. The summed E-state index contributed by atoms with van der Waals surface area (Å²) in [7, 11) is 0. The van der Waals surface area contributed by atoms with Crippen LogP contribution in [0.1, 0.15) is 12.0 Å². The van der Waals surface area contributed by atoms with Crippen molar-refractivity contribution in [2.45, 2.75) is 18.4 Å². The number of halogens is 1. The highest BCUT2D eigenvalue weighted by Gasteiger charge is 2.31. The van der Waals surface area contributed by atoms with Gasteiger partial charge in [-0.05, 0) is 36.3 Å². The first-order valence-corrected chi connectivity index (χ1v) is 8.17. The van der Waals surface area contributed by atoms with Crippen LogP contribution in [0.4, 0.5) is 4.79 Å². The van der Waals surface area contributed by atoms with Gasteiger partial charge in [-0.15, -0.1) is 0 Å². The molecular formula is C14H19ClN2O2S. The van der Waals surface area contributed by atoms with E-state index >= 15 is 0 Å². The molecular weight excluding hydrogens is 296 g/mol. The number of amides is 2. The molecule has 0 saturated carbocycles. The molecule has 4 nitrogen and oxygen atoms in total. The van der Waals surface area contributed by atoms with Crippen LogP contribution in [0.25, 0.3) is 0 Å². The maximum Gasteiger partial charge on any atom is 0.314 e. The average Bonchev–Trinajstić information content (AvgIpc) is 2.86. The van der Waals surface area contributed by atoms with E-state index in [4.69, 9.17) is 11.6 Å². The molecule has 1 aromatic rings. The van der Waals surface area contributed by atoms with Crippen molar-refractivity contribution in [1.82, 2.24) is 10.6 Å². The fourth-order valence-corrected chi connectivity index (χ4v) is 3.44. The lowest BCUT2D eigenvalue weighted by Gasteiger charge is -2.21. The monoisotopic (exact) mass is 314 g/mol. The van der Waals surface area contributed by atoms with E-state index in [-0.39, 0.29) is 6.03 Å². The van der Waals surface area contributed by atoms with E-state index in [0.29, 0.717) is 23.9 Å². The van der Waals surface area contributed by atoms with Crippen LogP contribution in [-0.4, -0.2) is 41.3 Å². The first-order valence-electron chi connectivity index (χ1n) is 6.64. The fourth-order valence-electron chi connectivity index (χ4n) is 2.01. The quantitative estimate of drug-likeness (QED) is 0.779. The Bertz CT molecular complexity index is 447. The minimum absolute atomic E-state index is 0.232. The number of hydrogen-bond acceptors (Lipinski definition) is 3. The van der Waals surface area contributed by atoms with Gasteiger partial charge in [0.05, 0.1) is 5.60 Å². The van der Waals surface area contributed by atoms with Crippen molar-refractivity contribution in [2.24, 2.45) is 0 Å². The number of rotatable bonds is 5. The maximum atomic E-state index is 11.6. The Labute approximate surface area is 128 Å². The van der Waals surface area contributed by atoms with Crippen molar-refractivity contribution in [3.8, 4) is 0 Å². The molecule has 0 spiro atoms. The Morgan fingerprint density at radius 1 is 1.35 bits per heavy atom. The zero-order valence-electron chi connectivity index (χ0n) is 11.2. The Kier molecular flexibility index (Phi) is 5.57. The molecule has 0 aromatic heterocycles. The molecule has 110 valence electrons. The van der Waals surface area contributed by atoms with E-state index in [1.165, 1.54) is 0 Å². The van der Waals surface area contributed by atoms with E-state index < -0.39 is 5.60 Å². The van der Waals surface area contributed by atoms with Gasteiger partial charge in [0.25, 0.3) is 0 Å². The van der Waals surface area contributed by atoms with Gasteiger partial charge in [0, 0.05) is 23.9 Å². The zero-order valence-corrected chi connectivity index (χ0v) is 12.8. The highest BCUT2D eigenvalue weighted by Crippen LogP contribution is 2.26. The van der Waals surface area contributed by atoms with E-state index in [1.807, 2.05) is 24.3 Å². The van der Waals surface area contributed by atoms with Crippen LogP contribution in [-0.2, 0) is 6.42 Å². The molecule has 1 fully saturated rings. The minimum Gasteiger partial charge on any atom is -0.387 e. The number of nitrogens with one attached hydrogen (secondary N) is 2. The van der Waals surface area contributed by atoms with Crippen LogP contribution in [0, 0.1) is 0 Å². The molecule has 0 bridgehead atoms. The highest BCUT2D eigenvalue weighted by molar-refractivity contribution is 7.99. The van der Waals surface area contributed by atoms with Gasteiger partial charge >= 0.3 is 6.03 Å². The van der Waals surface area contributed by atoms with Gasteiger partial charge in [-0.3, -0.25) is 0 Å². The van der Waals surface area contributed by atoms with Crippen molar-refractivity contribution in [3.63, 3.8) is 0 Å². The Morgan fingerprint density at radius 3 is 2.75 bits per heavy atom. The molecule has 3 N–H and O–H groups in total. The van der Waals surface area contributed by atoms with Crippen LogP contribution in [0.3, 0.4) is 0 Å². The largest absolute Gasteiger partial charge is 0.387 e. The van der Waals surface area contributed by atoms with Gasteiger partial charge in [-0.1, -0.05) is 23.7 Å². The van der Waals surface area contributed by atoms with Gasteiger partial charge < -0.3 is 15.7 Å². The SMILES string of the molecule is O=C(NCCc1ccc(Cl)cc1)NCC1(O)CCSC1. The van der Waals surface area contributed by atoms with Crippen molar-refractivity contribution in [2.75, 3.05) is 24.6 Å². The summed E-state index contributed by atoms with van der Waals surface area (Å²) < 4.78 is 0. The number of thioether (sulfide) groups is 1. The summed E-state index contributed by atoms with van der Waals surface area (Å²) in [5, 5.41) is 16.3. The van der Waals surface area contributed by atoms with E-state index in [9.17, 15) is 9.90 Å². The summed E-state index contributed by atoms with van der Waals surface area (Å²) in [6.45, 7) is 0.868. The molecule has 1 atom stereocenters. The Morgan fingerprint density at radius 2 is 2.10 bits per heavy atom. The topological polar surface area (TPSA) is 61.4 Å². The van der Waals surface area contributed by atoms with Gasteiger partial charge in [0.2, 0.25) is 0 Å². The highest BCUT2D eigenvalue weighted by atomic mass is 35.5. The molecule has 1 aliphatic rings. The number of hydrogen-bond donors (Lipinski definition) is 3. The standard InChI is InChI=1S/C14H19ClN2O2S/c15-12-3-1-11(2-4-12)5-7-16-13(18)17-9-14(19)6-8-20-10-14/h1-4,19H,5-10H2,(H2,16,17,18). The predicted octanol–water partition coefficient (Wildman–Crippen LogP) is 2.05. The van der Waals surface area contributed by atoms with Crippen LogP contribution >= 0.6 is 23.4 Å². The Hall–Kier alpha value is -0.910. The van der Waals surface area contributed by atoms with Gasteiger partial charge in [-0.25, -0.2) is 4.79 Å². The first-order chi connectivity index (χ1) is 9.57. The first kappa shape index (κ1) is 15.5. The minimum atomic E-state index is -0.738. The molecule has 1 aromatic carbocycles. The lowest BCUT2D eigenvalue weighted by atomic mass is 10.0. The van der Waals surface area contributed by atoms with Gasteiger partial charge in [0.15, 0.2) is 0 Å². The predicted molar refractivity (Wildman–Crippen MR) is 83.4 cm³/mol. The lowest BCUT2D eigenvalue weighted by Crippen LogP contribution is -2.46. The number of carbonyl (C=O) groups excluding carboxylic acids is 1. The van der Waals surface area contributed by atoms with Crippen LogP contribution < -0.4 is 10.6 Å². The van der Waals surface area contributed by atoms with Crippen LogP contribution in [0.15, 0.2) is 24.3 Å². The van der Waals surface area contributed by atoms with Gasteiger partial charge in [-0.2, -0.15) is 11.8 Å². The smallest absolute Gasteiger partial charge is 0.314 e. The summed E-state index contributed by atoms with van der Waals surface area (Å²) in [5.74, 6) is 1.65. The summed E-state index contributed by atoms with van der Waals surface area (Å²) in [6.07, 6.45) is 1.49. The molecule has 2 rings (SSSR count). The van der Waals surface area contributed by atoms with Crippen molar-refractivity contribution < 1.29 is 9.90 Å². The summed E-state index contributed by atoms with van der Waals surface area (Å²) in [4.78, 5) is 11.6. The number of aliphatic hydroxyl groups is 1. The molecule has 1 aliphatic heterocycles. The fraction of sp³-hybridized carbons (Fsp3) is 0.500. The molecule has 1 unspecified atom stereocenters. The number of benzene rings is 1.